The van der Waals surface area contributed by atoms with Crippen LogP contribution in [0, 0.1) is 27.7 Å². The van der Waals surface area contributed by atoms with Crippen LogP contribution in [0.2, 0.25) is 0 Å². The molecule has 0 aliphatic carbocycles. The summed E-state index contributed by atoms with van der Waals surface area (Å²) in [5.74, 6) is 1.07. The molecule has 3 aromatic rings. The highest BCUT2D eigenvalue weighted by Crippen LogP contribution is 2.50. The molecule has 1 N–H and O–H groups in total. The Morgan fingerprint density at radius 1 is 0.667 bits per heavy atom. The van der Waals surface area contributed by atoms with E-state index < -0.39 is 7.75 Å². The van der Waals surface area contributed by atoms with Crippen molar-refractivity contribution in [2.24, 2.45) is 0 Å². The second kappa shape index (κ2) is 7.89. The molecule has 0 aliphatic rings. The molecule has 0 radical (unpaired) electrons. The highest BCUT2D eigenvalue weighted by molar-refractivity contribution is 7.56. The first-order valence-electron chi connectivity index (χ1n) is 8.83. The summed E-state index contributed by atoms with van der Waals surface area (Å²) in [5, 5.41) is 2.96. The molecule has 0 aromatic heterocycles. The second-order valence-electron chi connectivity index (χ2n) is 6.55. The third-order valence-electron chi connectivity index (χ3n) is 4.59. The topological polar surface area (TPSA) is 47.6 Å². The summed E-state index contributed by atoms with van der Waals surface area (Å²) in [6.07, 6.45) is 0. The van der Waals surface area contributed by atoms with Gasteiger partial charge < -0.3 is 9.05 Å². The lowest BCUT2D eigenvalue weighted by molar-refractivity contribution is 0.390. The van der Waals surface area contributed by atoms with Gasteiger partial charge in [-0.3, -0.25) is 5.09 Å². The predicted molar refractivity (Wildman–Crippen MR) is 111 cm³/mol. The standard InChI is InChI=1S/C22H24NO3P/c1-16-10-8-14-21(18(16)3)25-27(24,23-20-12-6-5-7-13-20)26-22-15-9-11-17(2)19(22)4/h5-15H,1-4H3,(H,23,24). The third-order valence-corrected chi connectivity index (χ3v) is 5.99. The average molecular weight is 381 g/mol. The smallest absolute Gasteiger partial charge is 0.400 e. The van der Waals surface area contributed by atoms with Crippen LogP contribution in [-0.2, 0) is 4.57 Å². The Morgan fingerprint density at radius 3 is 1.63 bits per heavy atom. The minimum absolute atomic E-state index is 0.534. The number of anilines is 1. The molecule has 3 aromatic carbocycles. The number of nitrogens with one attached hydrogen (secondary N) is 1. The van der Waals surface area contributed by atoms with E-state index in [0.29, 0.717) is 17.2 Å². The Balaban J connectivity index is 1.99. The summed E-state index contributed by atoms with van der Waals surface area (Å²) in [5.41, 5.74) is 4.64. The normalized spacial score (nSPS) is 11.1. The number of aryl methyl sites for hydroxylation is 2. The lowest BCUT2D eigenvalue weighted by atomic mass is 10.1. The van der Waals surface area contributed by atoms with E-state index >= 15 is 0 Å². The van der Waals surface area contributed by atoms with Crippen LogP contribution in [0.4, 0.5) is 5.69 Å². The molecule has 0 aliphatic heterocycles. The zero-order chi connectivity index (χ0) is 19.4. The minimum atomic E-state index is -3.73. The van der Waals surface area contributed by atoms with Crippen molar-refractivity contribution in [3.05, 3.63) is 89.0 Å². The Bertz CT molecular complexity index is 929. The number of rotatable bonds is 6. The highest BCUT2D eigenvalue weighted by Gasteiger charge is 2.30. The first-order chi connectivity index (χ1) is 12.9. The lowest BCUT2D eigenvalue weighted by Crippen LogP contribution is -2.11. The van der Waals surface area contributed by atoms with E-state index in [0.717, 1.165) is 22.3 Å². The molecule has 4 nitrogen and oxygen atoms in total. The molecule has 0 spiro atoms. The molecule has 0 saturated carbocycles. The van der Waals surface area contributed by atoms with Crippen molar-refractivity contribution < 1.29 is 13.6 Å². The molecule has 27 heavy (non-hydrogen) atoms. The van der Waals surface area contributed by atoms with Gasteiger partial charge in [0.1, 0.15) is 11.5 Å². The van der Waals surface area contributed by atoms with Crippen LogP contribution >= 0.6 is 7.75 Å². The molecule has 5 heteroatoms. The molecule has 0 heterocycles. The summed E-state index contributed by atoms with van der Waals surface area (Å²) in [7, 11) is -3.73. The van der Waals surface area contributed by atoms with Crippen LogP contribution in [0.25, 0.3) is 0 Å². The maximum atomic E-state index is 13.7. The number of hydrogen-bond acceptors (Lipinski definition) is 3. The fraction of sp³-hybridized carbons (Fsp3) is 0.182. The number of benzene rings is 3. The zero-order valence-electron chi connectivity index (χ0n) is 16.0. The molecule has 0 fully saturated rings. The maximum Gasteiger partial charge on any atom is 0.541 e. The van der Waals surface area contributed by atoms with Crippen molar-refractivity contribution in [3.63, 3.8) is 0 Å². The molecule has 3 rings (SSSR count). The number of hydrogen-bond donors (Lipinski definition) is 1. The fourth-order valence-electron chi connectivity index (χ4n) is 2.64. The summed E-state index contributed by atoms with van der Waals surface area (Å²) in [6.45, 7) is 7.86. The van der Waals surface area contributed by atoms with E-state index in [-0.39, 0.29) is 0 Å². The van der Waals surface area contributed by atoms with Gasteiger partial charge in [0.05, 0.1) is 0 Å². The fourth-order valence-corrected chi connectivity index (χ4v) is 4.15. The third kappa shape index (κ3) is 4.53. The molecule has 0 atom stereocenters. The van der Waals surface area contributed by atoms with Gasteiger partial charge in [0.25, 0.3) is 0 Å². The molecule has 140 valence electrons. The van der Waals surface area contributed by atoms with Crippen molar-refractivity contribution in [2.45, 2.75) is 27.7 Å². The van der Waals surface area contributed by atoms with Gasteiger partial charge in [-0.1, -0.05) is 42.5 Å². The lowest BCUT2D eigenvalue weighted by Gasteiger charge is -2.23. The van der Waals surface area contributed by atoms with E-state index in [4.69, 9.17) is 9.05 Å². The Labute approximate surface area is 160 Å². The van der Waals surface area contributed by atoms with Crippen molar-refractivity contribution in [1.82, 2.24) is 0 Å². The molecular weight excluding hydrogens is 357 g/mol. The summed E-state index contributed by atoms with van der Waals surface area (Å²) >= 11 is 0. The second-order valence-corrected chi connectivity index (χ2v) is 8.14. The van der Waals surface area contributed by atoms with Crippen LogP contribution in [0.3, 0.4) is 0 Å². The maximum absolute atomic E-state index is 13.7. The van der Waals surface area contributed by atoms with Crippen LogP contribution < -0.4 is 14.1 Å². The van der Waals surface area contributed by atoms with Crippen LogP contribution in [0.15, 0.2) is 66.7 Å². The van der Waals surface area contributed by atoms with Gasteiger partial charge in [-0.05, 0) is 74.2 Å². The van der Waals surface area contributed by atoms with E-state index in [9.17, 15) is 4.57 Å². The zero-order valence-corrected chi connectivity index (χ0v) is 16.9. The molecule has 0 bridgehead atoms. The SMILES string of the molecule is Cc1cccc(OP(=O)(Nc2ccccc2)Oc2cccc(C)c2C)c1C. The van der Waals surface area contributed by atoms with Crippen molar-refractivity contribution >= 4 is 13.4 Å². The molecule has 0 amide bonds. The highest BCUT2D eigenvalue weighted by atomic mass is 31.2. The van der Waals surface area contributed by atoms with Crippen LogP contribution in [0.1, 0.15) is 22.3 Å². The van der Waals surface area contributed by atoms with E-state index in [1.807, 2.05) is 82.3 Å². The Hall–Kier alpha value is -2.71. The predicted octanol–water partition coefficient (Wildman–Crippen LogP) is 6.60. The van der Waals surface area contributed by atoms with Gasteiger partial charge in [0.15, 0.2) is 0 Å². The summed E-state index contributed by atoms with van der Waals surface area (Å²) < 4.78 is 25.6. The molecular formula is C22H24NO3P. The number of para-hydroxylation sites is 1. The molecule has 0 saturated heterocycles. The molecule has 0 unspecified atom stereocenters. The Morgan fingerprint density at radius 2 is 1.15 bits per heavy atom. The first kappa shape index (κ1) is 19.1. The van der Waals surface area contributed by atoms with Gasteiger partial charge in [0.2, 0.25) is 0 Å². The van der Waals surface area contributed by atoms with Gasteiger partial charge in [-0.2, -0.15) is 0 Å². The minimum Gasteiger partial charge on any atom is -0.400 e. The van der Waals surface area contributed by atoms with Gasteiger partial charge in [0, 0.05) is 5.69 Å². The average Bonchev–Trinajstić information content (AvgIpc) is 2.64. The van der Waals surface area contributed by atoms with Crippen molar-refractivity contribution in [2.75, 3.05) is 5.09 Å². The van der Waals surface area contributed by atoms with Crippen molar-refractivity contribution in [1.29, 1.82) is 0 Å². The monoisotopic (exact) mass is 381 g/mol. The van der Waals surface area contributed by atoms with E-state index in [1.54, 1.807) is 12.1 Å². The quantitative estimate of drug-likeness (QED) is 0.489. The van der Waals surface area contributed by atoms with Crippen molar-refractivity contribution in [3.8, 4) is 11.5 Å². The van der Waals surface area contributed by atoms with Crippen LogP contribution in [0.5, 0.6) is 11.5 Å². The van der Waals surface area contributed by atoms with Gasteiger partial charge in [-0.25, -0.2) is 4.57 Å². The van der Waals surface area contributed by atoms with Crippen LogP contribution in [-0.4, -0.2) is 0 Å². The summed E-state index contributed by atoms with van der Waals surface area (Å²) in [6, 6.07) is 20.6. The largest absolute Gasteiger partial charge is 0.541 e. The van der Waals surface area contributed by atoms with Gasteiger partial charge in [-0.15, -0.1) is 0 Å². The first-order valence-corrected chi connectivity index (χ1v) is 10.4. The van der Waals surface area contributed by atoms with E-state index in [2.05, 4.69) is 5.09 Å². The van der Waals surface area contributed by atoms with E-state index in [1.165, 1.54) is 0 Å². The summed E-state index contributed by atoms with van der Waals surface area (Å²) in [4.78, 5) is 0. The van der Waals surface area contributed by atoms with Gasteiger partial charge >= 0.3 is 7.75 Å². The Kier molecular flexibility index (Phi) is 5.57.